The van der Waals surface area contributed by atoms with Gasteiger partial charge in [-0.25, -0.2) is 4.79 Å². The summed E-state index contributed by atoms with van der Waals surface area (Å²) in [6, 6.07) is 12.1. The van der Waals surface area contributed by atoms with Gasteiger partial charge >= 0.3 is 6.03 Å². The molecule has 1 unspecified atom stereocenters. The molecule has 6 nitrogen and oxygen atoms in total. The second-order valence-electron chi connectivity index (χ2n) is 5.82. The average molecular weight is 360 g/mol. The van der Waals surface area contributed by atoms with E-state index in [4.69, 9.17) is 16.3 Å². The number of halogens is 1. The van der Waals surface area contributed by atoms with E-state index in [2.05, 4.69) is 10.6 Å². The maximum atomic E-state index is 12.5. The van der Waals surface area contributed by atoms with Gasteiger partial charge in [-0.3, -0.25) is 4.79 Å². The number of fused-ring (bicyclic) bond motifs is 1. The number of ether oxygens (including phenoxy) is 1. The van der Waals surface area contributed by atoms with Crippen molar-refractivity contribution in [2.24, 2.45) is 0 Å². The van der Waals surface area contributed by atoms with E-state index in [-0.39, 0.29) is 24.6 Å². The minimum Gasteiger partial charge on any atom is -0.482 e. The predicted octanol–water partition coefficient (Wildman–Crippen LogP) is 3.90. The summed E-state index contributed by atoms with van der Waals surface area (Å²) in [7, 11) is 1.73. The van der Waals surface area contributed by atoms with Gasteiger partial charge in [0.1, 0.15) is 5.75 Å². The molecule has 0 saturated heterocycles. The summed E-state index contributed by atoms with van der Waals surface area (Å²) >= 11 is 5.90. The first-order valence-corrected chi connectivity index (χ1v) is 8.18. The number of anilines is 2. The van der Waals surface area contributed by atoms with Crippen molar-refractivity contribution in [3.05, 3.63) is 53.1 Å². The lowest BCUT2D eigenvalue weighted by molar-refractivity contribution is -0.118. The van der Waals surface area contributed by atoms with Crippen LogP contribution in [0.1, 0.15) is 18.5 Å². The van der Waals surface area contributed by atoms with Gasteiger partial charge in [-0.2, -0.15) is 0 Å². The van der Waals surface area contributed by atoms with Crippen molar-refractivity contribution < 1.29 is 14.3 Å². The summed E-state index contributed by atoms with van der Waals surface area (Å²) in [5.41, 5.74) is 2.17. The first-order valence-electron chi connectivity index (χ1n) is 7.80. The number of hydrogen-bond donors (Lipinski definition) is 2. The fourth-order valence-corrected chi connectivity index (χ4v) is 2.63. The lowest BCUT2D eigenvalue weighted by Crippen LogP contribution is -2.33. The van der Waals surface area contributed by atoms with Gasteiger partial charge in [0.15, 0.2) is 6.61 Å². The Hall–Kier alpha value is -2.73. The second-order valence-corrected chi connectivity index (χ2v) is 6.25. The highest BCUT2D eigenvalue weighted by atomic mass is 35.5. The molecule has 2 aromatic rings. The van der Waals surface area contributed by atoms with Crippen LogP contribution >= 0.6 is 11.6 Å². The van der Waals surface area contributed by atoms with Crippen LogP contribution < -0.4 is 15.4 Å². The van der Waals surface area contributed by atoms with Crippen LogP contribution in [-0.4, -0.2) is 30.5 Å². The molecule has 0 radical (unpaired) electrons. The lowest BCUT2D eigenvalue weighted by Gasteiger charge is -2.26. The van der Waals surface area contributed by atoms with Crippen LogP contribution in [0.25, 0.3) is 0 Å². The molecule has 7 heteroatoms. The van der Waals surface area contributed by atoms with E-state index < -0.39 is 0 Å². The summed E-state index contributed by atoms with van der Waals surface area (Å²) in [5, 5.41) is 6.20. The standard InChI is InChI=1S/C18H18ClN3O3/c1-11(12-3-5-13(19)6-4-12)22(2)18(24)20-14-7-8-15-16(9-14)25-10-17(23)21-15/h3-9,11H,10H2,1-2H3,(H,20,24)(H,21,23). The number of rotatable bonds is 3. The minimum absolute atomic E-state index is 0.0299. The average Bonchev–Trinajstić information content (AvgIpc) is 2.61. The Morgan fingerprint density at radius 3 is 2.72 bits per heavy atom. The normalized spacial score (nSPS) is 14.0. The molecule has 130 valence electrons. The summed E-state index contributed by atoms with van der Waals surface area (Å²) in [4.78, 5) is 25.4. The number of nitrogens with zero attached hydrogens (tertiary/aromatic N) is 1. The molecule has 0 aliphatic carbocycles. The van der Waals surface area contributed by atoms with Gasteiger partial charge in [0.2, 0.25) is 0 Å². The summed E-state index contributed by atoms with van der Waals surface area (Å²) < 4.78 is 5.36. The molecule has 3 rings (SSSR count). The molecule has 0 aromatic heterocycles. The number of carbonyl (C=O) groups is 2. The Morgan fingerprint density at radius 2 is 2.00 bits per heavy atom. The number of benzene rings is 2. The maximum absolute atomic E-state index is 12.5. The first-order chi connectivity index (χ1) is 11.9. The summed E-state index contributed by atoms with van der Waals surface area (Å²) in [6.07, 6.45) is 0. The lowest BCUT2D eigenvalue weighted by atomic mass is 10.1. The highest BCUT2D eigenvalue weighted by Gasteiger charge is 2.19. The van der Waals surface area contributed by atoms with Crippen molar-refractivity contribution in [1.29, 1.82) is 0 Å². The van der Waals surface area contributed by atoms with Crippen LogP contribution in [0.15, 0.2) is 42.5 Å². The smallest absolute Gasteiger partial charge is 0.322 e. The highest BCUT2D eigenvalue weighted by Crippen LogP contribution is 2.31. The summed E-state index contributed by atoms with van der Waals surface area (Å²) in [6.45, 7) is 1.91. The monoisotopic (exact) mass is 359 g/mol. The van der Waals surface area contributed by atoms with Crippen LogP contribution in [0.4, 0.5) is 16.2 Å². The van der Waals surface area contributed by atoms with Gasteiger partial charge in [0, 0.05) is 23.8 Å². The molecule has 1 aliphatic heterocycles. The summed E-state index contributed by atoms with van der Waals surface area (Å²) in [5.74, 6) is 0.339. The minimum atomic E-state index is -0.248. The van der Waals surface area contributed by atoms with Gasteiger partial charge in [-0.15, -0.1) is 0 Å². The van der Waals surface area contributed by atoms with E-state index in [9.17, 15) is 9.59 Å². The van der Waals surface area contributed by atoms with Crippen molar-refractivity contribution in [3.8, 4) is 5.75 Å². The van der Waals surface area contributed by atoms with Crippen molar-refractivity contribution in [2.75, 3.05) is 24.3 Å². The van der Waals surface area contributed by atoms with Crippen molar-refractivity contribution >= 4 is 34.9 Å². The van der Waals surface area contributed by atoms with Gasteiger partial charge in [0.25, 0.3) is 5.91 Å². The van der Waals surface area contributed by atoms with Gasteiger partial charge in [-0.1, -0.05) is 23.7 Å². The van der Waals surface area contributed by atoms with E-state index in [0.29, 0.717) is 22.1 Å². The second kappa shape index (κ2) is 7.03. The molecule has 0 saturated carbocycles. The van der Waals surface area contributed by atoms with Gasteiger partial charge in [-0.05, 0) is 36.8 Å². The van der Waals surface area contributed by atoms with Crippen LogP contribution in [-0.2, 0) is 4.79 Å². The molecule has 2 aromatic carbocycles. The molecule has 1 aliphatic rings. The first kappa shape index (κ1) is 17.1. The van der Waals surface area contributed by atoms with E-state index in [0.717, 1.165) is 5.56 Å². The zero-order valence-corrected chi connectivity index (χ0v) is 14.6. The number of amides is 3. The van der Waals surface area contributed by atoms with Crippen molar-refractivity contribution in [2.45, 2.75) is 13.0 Å². The Kier molecular flexibility index (Phi) is 4.81. The zero-order chi connectivity index (χ0) is 18.0. The maximum Gasteiger partial charge on any atom is 0.322 e. The molecule has 1 heterocycles. The predicted molar refractivity (Wildman–Crippen MR) is 97.2 cm³/mol. The van der Waals surface area contributed by atoms with Crippen molar-refractivity contribution in [3.63, 3.8) is 0 Å². The molecule has 0 fully saturated rings. The highest BCUT2D eigenvalue weighted by molar-refractivity contribution is 6.30. The molecular formula is C18H18ClN3O3. The molecule has 2 N–H and O–H groups in total. The number of urea groups is 1. The zero-order valence-electron chi connectivity index (χ0n) is 13.9. The van der Waals surface area contributed by atoms with Crippen LogP contribution in [0.5, 0.6) is 5.75 Å². The van der Waals surface area contributed by atoms with E-state index in [1.807, 2.05) is 19.1 Å². The van der Waals surface area contributed by atoms with Crippen molar-refractivity contribution in [1.82, 2.24) is 4.90 Å². The number of carbonyl (C=O) groups excluding carboxylic acids is 2. The van der Waals surface area contributed by atoms with Crippen LogP contribution in [0.2, 0.25) is 5.02 Å². The largest absolute Gasteiger partial charge is 0.482 e. The third-order valence-electron chi connectivity index (χ3n) is 4.12. The molecule has 3 amide bonds. The molecule has 0 spiro atoms. The third kappa shape index (κ3) is 3.85. The van der Waals surface area contributed by atoms with Gasteiger partial charge in [0.05, 0.1) is 11.7 Å². The molecular weight excluding hydrogens is 342 g/mol. The van der Waals surface area contributed by atoms with E-state index in [1.54, 1.807) is 42.3 Å². The SMILES string of the molecule is CC(c1ccc(Cl)cc1)N(C)C(=O)Nc1ccc2c(c1)OCC(=O)N2. The Balaban J connectivity index is 1.69. The Bertz CT molecular complexity index is 808. The topological polar surface area (TPSA) is 70.7 Å². The fourth-order valence-electron chi connectivity index (χ4n) is 2.50. The van der Waals surface area contributed by atoms with Crippen LogP contribution in [0, 0.1) is 0 Å². The third-order valence-corrected chi connectivity index (χ3v) is 4.37. The van der Waals surface area contributed by atoms with E-state index >= 15 is 0 Å². The van der Waals surface area contributed by atoms with Gasteiger partial charge < -0.3 is 20.3 Å². The molecule has 1 atom stereocenters. The van der Waals surface area contributed by atoms with E-state index in [1.165, 1.54) is 0 Å². The molecule has 0 bridgehead atoms. The number of nitrogens with one attached hydrogen (secondary N) is 2. The molecule has 25 heavy (non-hydrogen) atoms. The van der Waals surface area contributed by atoms with Crippen LogP contribution in [0.3, 0.4) is 0 Å². The Morgan fingerprint density at radius 1 is 1.28 bits per heavy atom. The Labute approximate surface area is 150 Å². The fraction of sp³-hybridized carbons (Fsp3) is 0.222. The number of hydrogen-bond acceptors (Lipinski definition) is 3. The quantitative estimate of drug-likeness (QED) is 0.873.